The molecule has 1 aromatic heterocycles. The normalized spacial score (nSPS) is 21.8. The third-order valence-electron chi connectivity index (χ3n) is 4.49. The topological polar surface area (TPSA) is 50.4 Å². The Balaban J connectivity index is 1.92. The standard InChI is InChI=1S/C15H20O3/c16-15(17)12-9-13(10-5-1-2-6-10)18-14(12)11-7-3-4-8-11/h9-11H,1-8H2,(H,16,17). The maximum Gasteiger partial charge on any atom is 0.339 e. The predicted octanol–water partition coefficient (Wildman–Crippen LogP) is 4.29. The molecule has 0 amide bonds. The zero-order valence-electron chi connectivity index (χ0n) is 10.7. The molecule has 0 unspecified atom stereocenters. The monoisotopic (exact) mass is 248 g/mol. The van der Waals surface area contributed by atoms with Crippen molar-refractivity contribution >= 4 is 5.97 Å². The smallest absolute Gasteiger partial charge is 0.339 e. The Kier molecular flexibility index (Phi) is 3.14. The Morgan fingerprint density at radius 1 is 1.06 bits per heavy atom. The second-order valence-electron chi connectivity index (χ2n) is 5.69. The van der Waals surface area contributed by atoms with Gasteiger partial charge >= 0.3 is 5.97 Å². The Morgan fingerprint density at radius 3 is 2.17 bits per heavy atom. The number of rotatable bonds is 3. The van der Waals surface area contributed by atoms with Crippen molar-refractivity contribution in [2.75, 3.05) is 0 Å². The Bertz CT molecular complexity index is 435. The minimum atomic E-state index is -0.829. The first-order valence-corrected chi connectivity index (χ1v) is 7.12. The average molecular weight is 248 g/mol. The van der Waals surface area contributed by atoms with E-state index < -0.39 is 5.97 Å². The molecule has 2 aliphatic rings. The van der Waals surface area contributed by atoms with Gasteiger partial charge in [0.15, 0.2) is 0 Å². The van der Waals surface area contributed by atoms with E-state index in [4.69, 9.17) is 4.42 Å². The van der Waals surface area contributed by atoms with Crippen LogP contribution in [0.2, 0.25) is 0 Å². The van der Waals surface area contributed by atoms with Crippen molar-refractivity contribution < 1.29 is 14.3 Å². The third kappa shape index (κ3) is 2.06. The summed E-state index contributed by atoms with van der Waals surface area (Å²) in [4.78, 5) is 11.3. The summed E-state index contributed by atoms with van der Waals surface area (Å²) < 4.78 is 5.96. The summed E-state index contributed by atoms with van der Waals surface area (Å²) in [6, 6.07) is 1.80. The van der Waals surface area contributed by atoms with Gasteiger partial charge in [-0.05, 0) is 31.7 Å². The largest absolute Gasteiger partial charge is 0.478 e. The van der Waals surface area contributed by atoms with E-state index in [1.807, 2.05) is 0 Å². The minimum absolute atomic E-state index is 0.339. The summed E-state index contributed by atoms with van der Waals surface area (Å²) >= 11 is 0. The molecule has 0 radical (unpaired) electrons. The van der Waals surface area contributed by atoms with Crippen molar-refractivity contribution in [1.29, 1.82) is 0 Å². The molecule has 3 nitrogen and oxygen atoms in total. The van der Waals surface area contributed by atoms with Crippen LogP contribution in [0.4, 0.5) is 0 Å². The zero-order valence-corrected chi connectivity index (χ0v) is 10.7. The lowest BCUT2D eigenvalue weighted by Crippen LogP contribution is -2.01. The van der Waals surface area contributed by atoms with Crippen molar-refractivity contribution in [1.82, 2.24) is 0 Å². The highest BCUT2D eigenvalue weighted by Crippen LogP contribution is 2.41. The van der Waals surface area contributed by atoms with Crippen LogP contribution in [0.15, 0.2) is 10.5 Å². The molecule has 0 aromatic carbocycles. The Hall–Kier alpha value is -1.25. The van der Waals surface area contributed by atoms with E-state index in [0.717, 1.165) is 37.2 Å². The highest BCUT2D eigenvalue weighted by molar-refractivity contribution is 5.89. The molecule has 98 valence electrons. The number of aromatic carboxylic acids is 1. The van der Waals surface area contributed by atoms with Gasteiger partial charge in [-0.1, -0.05) is 25.7 Å². The lowest BCUT2D eigenvalue weighted by Gasteiger charge is -2.07. The van der Waals surface area contributed by atoms with E-state index in [9.17, 15) is 9.90 Å². The van der Waals surface area contributed by atoms with Gasteiger partial charge in [0.1, 0.15) is 17.1 Å². The maximum absolute atomic E-state index is 11.3. The third-order valence-corrected chi connectivity index (χ3v) is 4.49. The molecule has 0 aliphatic heterocycles. The van der Waals surface area contributed by atoms with E-state index in [1.165, 1.54) is 25.7 Å². The first-order chi connectivity index (χ1) is 8.75. The fourth-order valence-electron chi connectivity index (χ4n) is 3.49. The number of carbonyl (C=O) groups is 1. The molecule has 0 atom stereocenters. The second kappa shape index (κ2) is 4.79. The molecule has 3 rings (SSSR count). The number of hydrogen-bond donors (Lipinski definition) is 1. The molecular formula is C15H20O3. The number of hydrogen-bond acceptors (Lipinski definition) is 2. The summed E-state index contributed by atoms with van der Waals surface area (Å²) in [7, 11) is 0. The molecule has 1 N–H and O–H groups in total. The lowest BCUT2D eigenvalue weighted by molar-refractivity contribution is 0.0693. The summed E-state index contributed by atoms with van der Waals surface area (Å²) in [5.41, 5.74) is 0.420. The molecule has 2 aliphatic carbocycles. The fraction of sp³-hybridized carbons (Fsp3) is 0.667. The molecule has 2 fully saturated rings. The molecule has 2 saturated carbocycles. The predicted molar refractivity (Wildman–Crippen MR) is 68.1 cm³/mol. The number of carboxylic acids is 1. The first-order valence-electron chi connectivity index (χ1n) is 7.12. The molecule has 0 bridgehead atoms. The summed E-state index contributed by atoms with van der Waals surface area (Å²) in [6.45, 7) is 0. The maximum atomic E-state index is 11.3. The second-order valence-corrected chi connectivity index (χ2v) is 5.69. The molecule has 1 aromatic rings. The quantitative estimate of drug-likeness (QED) is 0.867. The van der Waals surface area contributed by atoms with Gasteiger partial charge in [-0.15, -0.1) is 0 Å². The Morgan fingerprint density at radius 2 is 1.61 bits per heavy atom. The van der Waals surface area contributed by atoms with Crippen LogP contribution in [0.3, 0.4) is 0 Å². The van der Waals surface area contributed by atoms with Crippen LogP contribution in [0.1, 0.15) is 85.1 Å². The molecule has 0 spiro atoms. The highest BCUT2D eigenvalue weighted by atomic mass is 16.4. The summed E-state index contributed by atoms with van der Waals surface area (Å²) in [6.07, 6.45) is 9.34. The van der Waals surface area contributed by atoms with Crippen LogP contribution in [-0.2, 0) is 0 Å². The lowest BCUT2D eigenvalue weighted by atomic mass is 10.0. The molecule has 18 heavy (non-hydrogen) atoms. The molecule has 0 saturated heterocycles. The molecular weight excluding hydrogens is 228 g/mol. The van der Waals surface area contributed by atoms with Gasteiger partial charge in [-0.2, -0.15) is 0 Å². The Labute approximate surface area is 107 Å². The fourth-order valence-corrected chi connectivity index (χ4v) is 3.49. The van der Waals surface area contributed by atoms with E-state index >= 15 is 0 Å². The highest BCUT2D eigenvalue weighted by Gasteiger charge is 2.30. The van der Waals surface area contributed by atoms with Crippen molar-refractivity contribution in [2.45, 2.75) is 63.2 Å². The van der Waals surface area contributed by atoms with Crippen LogP contribution < -0.4 is 0 Å². The van der Waals surface area contributed by atoms with Gasteiger partial charge in [0.25, 0.3) is 0 Å². The van der Waals surface area contributed by atoms with E-state index in [-0.39, 0.29) is 0 Å². The average Bonchev–Trinajstić information content (AvgIpc) is 3.10. The van der Waals surface area contributed by atoms with E-state index in [1.54, 1.807) is 6.07 Å². The van der Waals surface area contributed by atoms with Gasteiger partial charge in [0, 0.05) is 11.8 Å². The van der Waals surface area contributed by atoms with Crippen LogP contribution in [0.5, 0.6) is 0 Å². The van der Waals surface area contributed by atoms with Crippen LogP contribution in [0, 0.1) is 0 Å². The van der Waals surface area contributed by atoms with E-state index in [0.29, 0.717) is 17.4 Å². The van der Waals surface area contributed by atoms with Crippen LogP contribution >= 0.6 is 0 Å². The van der Waals surface area contributed by atoms with Gasteiger partial charge in [-0.3, -0.25) is 0 Å². The molecule has 3 heteroatoms. The summed E-state index contributed by atoms with van der Waals surface area (Å²) in [5, 5.41) is 9.32. The molecule has 1 heterocycles. The van der Waals surface area contributed by atoms with Crippen LogP contribution in [0.25, 0.3) is 0 Å². The van der Waals surface area contributed by atoms with E-state index in [2.05, 4.69) is 0 Å². The van der Waals surface area contributed by atoms with Crippen molar-refractivity contribution in [3.05, 3.63) is 23.2 Å². The van der Waals surface area contributed by atoms with Gasteiger partial charge in [-0.25, -0.2) is 4.79 Å². The SMILES string of the molecule is O=C(O)c1cc(C2CCCC2)oc1C1CCCC1. The van der Waals surface area contributed by atoms with Crippen molar-refractivity contribution in [2.24, 2.45) is 0 Å². The summed E-state index contributed by atoms with van der Waals surface area (Å²) in [5.74, 6) is 1.64. The number of furan rings is 1. The van der Waals surface area contributed by atoms with Crippen LogP contribution in [-0.4, -0.2) is 11.1 Å². The zero-order chi connectivity index (χ0) is 12.5. The minimum Gasteiger partial charge on any atom is -0.478 e. The van der Waals surface area contributed by atoms with Gasteiger partial charge < -0.3 is 9.52 Å². The van der Waals surface area contributed by atoms with Crippen molar-refractivity contribution in [3.63, 3.8) is 0 Å². The van der Waals surface area contributed by atoms with Gasteiger partial charge in [0.05, 0.1) is 0 Å². The number of carboxylic acid groups (broad SMARTS) is 1. The first kappa shape index (κ1) is 11.8. The van der Waals surface area contributed by atoms with Gasteiger partial charge in [0.2, 0.25) is 0 Å². The van der Waals surface area contributed by atoms with Crippen molar-refractivity contribution in [3.8, 4) is 0 Å².